The fourth-order valence-corrected chi connectivity index (χ4v) is 6.04. The standard InChI is InChI=1S/C17H19NO4S2/c1-12-14-11-16-15(21-7-3-8-22-16)10-13(14)5-6-18(12)24(19,20)17-4-2-9-23-17/h2,4,9-12H,3,5-8H2,1H3. The highest BCUT2D eigenvalue weighted by atomic mass is 32.2. The second-order valence-corrected chi connectivity index (χ2v) is 9.09. The van der Waals surface area contributed by atoms with E-state index in [2.05, 4.69) is 0 Å². The van der Waals surface area contributed by atoms with Crippen molar-refractivity contribution >= 4 is 21.4 Å². The summed E-state index contributed by atoms with van der Waals surface area (Å²) in [4.78, 5) is 0. The minimum absolute atomic E-state index is 0.224. The fourth-order valence-electron chi connectivity index (χ4n) is 3.31. The Morgan fingerprint density at radius 2 is 1.96 bits per heavy atom. The van der Waals surface area contributed by atoms with Crippen LogP contribution in [0.3, 0.4) is 0 Å². The first-order chi connectivity index (χ1) is 11.6. The van der Waals surface area contributed by atoms with Crippen molar-refractivity contribution in [2.24, 2.45) is 0 Å². The van der Waals surface area contributed by atoms with Gasteiger partial charge in [0.25, 0.3) is 10.0 Å². The minimum atomic E-state index is -3.46. The monoisotopic (exact) mass is 365 g/mol. The van der Waals surface area contributed by atoms with Gasteiger partial charge in [0.15, 0.2) is 11.5 Å². The summed E-state index contributed by atoms with van der Waals surface area (Å²) in [5, 5.41) is 1.79. The van der Waals surface area contributed by atoms with Crippen LogP contribution in [0.4, 0.5) is 0 Å². The van der Waals surface area contributed by atoms with Crippen molar-refractivity contribution in [3.05, 3.63) is 40.8 Å². The molecular formula is C17H19NO4S2. The molecule has 7 heteroatoms. The Morgan fingerprint density at radius 1 is 1.21 bits per heavy atom. The number of hydrogen-bond acceptors (Lipinski definition) is 5. The van der Waals surface area contributed by atoms with Crippen LogP contribution in [0, 0.1) is 0 Å². The molecule has 128 valence electrons. The van der Waals surface area contributed by atoms with Crippen LogP contribution in [0.5, 0.6) is 11.5 Å². The maximum atomic E-state index is 12.9. The summed E-state index contributed by atoms with van der Waals surface area (Å²) in [6, 6.07) is 7.18. The van der Waals surface area contributed by atoms with Crippen LogP contribution in [-0.2, 0) is 16.4 Å². The van der Waals surface area contributed by atoms with Gasteiger partial charge in [-0.05, 0) is 48.1 Å². The van der Waals surface area contributed by atoms with Crippen LogP contribution >= 0.6 is 11.3 Å². The summed E-state index contributed by atoms with van der Waals surface area (Å²) in [5.41, 5.74) is 2.15. The molecule has 2 aliphatic heterocycles. The van der Waals surface area contributed by atoms with Gasteiger partial charge >= 0.3 is 0 Å². The maximum absolute atomic E-state index is 12.9. The van der Waals surface area contributed by atoms with Crippen LogP contribution in [0.1, 0.15) is 30.5 Å². The molecule has 0 N–H and O–H groups in total. The second kappa shape index (κ2) is 6.06. The highest BCUT2D eigenvalue weighted by Crippen LogP contribution is 2.41. The Hall–Kier alpha value is -1.57. The van der Waals surface area contributed by atoms with Crippen molar-refractivity contribution in [2.75, 3.05) is 19.8 Å². The Labute approximate surface area is 145 Å². The van der Waals surface area contributed by atoms with Crippen molar-refractivity contribution in [2.45, 2.75) is 30.0 Å². The minimum Gasteiger partial charge on any atom is -0.490 e. The smallest absolute Gasteiger partial charge is 0.253 e. The molecule has 0 aliphatic carbocycles. The molecule has 3 heterocycles. The quantitative estimate of drug-likeness (QED) is 0.820. The molecular weight excluding hydrogens is 346 g/mol. The molecule has 0 saturated carbocycles. The summed E-state index contributed by atoms with van der Waals surface area (Å²) in [6.07, 6.45) is 1.54. The van der Waals surface area contributed by atoms with E-state index in [0.717, 1.165) is 23.3 Å². The lowest BCUT2D eigenvalue weighted by atomic mass is 9.94. The van der Waals surface area contributed by atoms with Gasteiger partial charge in [0.2, 0.25) is 0 Å². The molecule has 2 aromatic rings. The number of thiophene rings is 1. The van der Waals surface area contributed by atoms with Gasteiger partial charge in [-0.25, -0.2) is 8.42 Å². The molecule has 1 aromatic heterocycles. The summed E-state index contributed by atoms with van der Waals surface area (Å²) in [7, 11) is -3.46. The Morgan fingerprint density at radius 3 is 2.67 bits per heavy atom. The number of rotatable bonds is 2. The number of ether oxygens (including phenoxy) is 2. The maximum Gasteiger partial charge on any atom is 0.253 e. The van der Waals surface area contributed by atoms with E-state index >= 15 is 0 Å². The second-order valence-electron chi connectivity index (χ2n) is 6.02. The van der Waals surface area contributed by atoms with E-state index in [1.165, 1.54) is 11.3 Å². The molecule has 1 aromatic carbocycles. The van der Waals surface area contributed by atoms with Crippen molar-refractivity contribution < 1.29 is 17.9 Å². The molecule has 0 bridgehead atoms. The van der Waals surface area contributed by atoms with Crippen molar-refractivity contribution in [3.63, 3.8) is 0 Å². The summed E-state index contributed by atoms with van der Waals surface area (Å²) >= 11 is 1.26. The van der Waals surface area contributed by atoms with E-state index < -0.39 is 10.0 Å². The lowest BCUT2D eigenvalue weighted by Crippen LogP contribution is -2.38. The zero-order valence-corrected chi connectivity index (χ0v) is 15.0. The lowest BCUT2D eigenvalue weighted by molar-refractivity contribution is 0.296. The predicted molar refractivity (Wildman–Crippen MR) is 92.4 cm³/mol. The molecule has 2 aliphatic rings. The summed E-state index contributed by atoms with van der Waals surface area (Å²) in [5.74, 6) is 1.49. The molecule has 4 rings (SSSR count). The summed E-state index contributed by atoms with van der Waals surface area (Å²) in [6.45, 7) is 3.69. The van der Waals surface area contributed by atoms with Crippen LogP contribution < -0.4 is 9.47 Å². The lowest BCUT2D eigenvalue weighted by Gasteiger charge is -2.34. The van der Waals surface area contributed by atoms with E-state index in [1.807, 2.05) is 19.1 Å². The summed E-state index contributed by atoms with van der Waals surface area (Å²) < 4.78 is 39.3. The van der Waals surface area contributed by atoms with E-state index in [4.69, 9.17) is 9.47 Å². The predicted octanol–water partition coefficient (Wildman–Crippen LogP) is 3.22. The first-order valence-corrected chi connectivity index (χ1v) is 10.4. The van der Waals surface area contributed by atoms with Gasteiger partial charge in [0.1, 0.15) is 4.21 Å². The first-order valence-electron chi connectivity index (χ1n) is 8.05. The van der Waals surface area contributed by atoms with E-state index in [1.54, 1.807) is 21.8 Å². The van der Waals surface area contributed by atoms with Crippen molar-refractivity contribution in [3.8, 4) is 11.5 Å². The van der Waals surface area contributed by atoms with Gasteiger partial charge in [0.05, 0.1) is 13.2 Å². The molecule has 0 saturated heterocycles. The third-order valence-corrected chi connectivity index (χ3v) is 7.89. The zero-order chi connectivity index (χ0) is 16.7. The van der Waals surface area contributed by atoms with Crippen LogP contribution in [0.15, 0.2) is 33.9 Å². The van der Waals surface area contributed by atoms with Crippen LogP contribution in [0.2, 0.25) is 0 Å². The van der Waals surface area contributed by atoms with Crippen LogP contribution in [-0.4, -0.2) is 32.5 Å². The van der Waals surface area contributed by atoms with Gasteiger partial charge in [0, 0.05) is 19.0 Å². The zero-order valence-electron chi connectivity index (χ0n) is 13.4. The van der Waals surface area contributed by atoms with Gasteiger partial charge in [-0.2, -0.15) is 4.31 Å². The molecule has 0 radical (unpaired) electrons. The molecule has 0 spiro atoms. The molecule has 1 atom stereocenters. The van der Waals surface area contributed by atoms with Crippen molar-refractivity contribution in [1.29, 1.82) is 0 Å². The van der Waals surface area contributed by atoms with Crippen molar-refractivity contribution in [1.82, 2.24) is 4.31 Å². The average molecular weight is 365 g/mol. The largest absolute Gasteiger partial charge is 0.490 e. The highest BCUT2D eigenvalue weighted by Gasteiger charge is 2.35. The Bertz CT molecular complexity index is 846. The number of sulfonamides is 1. The number of nitrogens with zero attached hydrogens (tertiary/aromatic N) is 1. The average Bonchev–Trinajstić information content (AvgIpc) is 3.01. The molecule has 24 heavy (non-hydrogen) atoms. The highest BCUT2D eigenvalue weighted by molar-refractivity contribution is 7.91. The van der Waals surface area contributed by atoms with E-state index in [-0.39, 0.29) is 6.04 Å². The van der Waals surface area contributed by atoms with Gasteiger partial charge in [-0.1, -0.05) is 6.07 Å². The van der Waals surface area contributed by atoms with E-state index in [9.17, 15) is 8.42 Å². The number of fused-ring (bicyclic) bond motifs is 2. The molecule has 1 unspecified atom stereocenters. The molecule has 5 nitrogen and oxygen atoms in total. The number of hydrogen-bond donors (Lipinski definition) is 0. The SMILES string of the molecule is CC1c2cc3c(cc2CCN1S(=O)(=O)c1cccs1)OCCCO3. The van der Waals surface area contributed by atoms with Gasteiger partial charge in [-0.3, -0.25) is 0 Å². The first kappa shape index (κ1) is 15.9. The van der Waals surface area contributed by atoms with Crippen LogP contribution in [0.25, 0.3) is 0 Å². The Kier molecular flexibility index (Phi) is 4.02. The molecule has 0 amide bonds. The van der Waals surface area contributed by atoms with Gasteiger partial charge < -0.3 is 9.47 Å². The Balaban J connectivity index is 1.72. The number of benzene rings is 1. The van der Waals surface area contributed by atoms with Gasteiger partial charge in [-0.15, -0.1) is 11.3 Å². The normalized spacial score (nSPS) is 21.1. The third kappa shape index (κ3) is 2.60. The molecule has 0 fully saturated rings. The third-order valence-electron chi connectivity index (χ3n) is 4.55. The fraction of sp³-hybridized carbons (Fsp3) is 0.412. The topological polar surface area (TPSA) is 55.8 Å². The van der Waals surface area contributed by atoms with E-state index in [0.29, 0.717) is 36.1 Å².